The van der Waals surface area contributed by atoms with Crippen LogP contribution in [0.15, 0.2) is 200 Å². The highest BCUT2D eigenvalue weighted by atomic mass is 15.2. The predicted molar refractivity (Wildman–Crippen MR) is 258 cm³/mol. The van der Waals surface area contributed by atoms with E-state index in [2.05, 4.69) is 220 Å². The number of aryl methyl sites for hydroxylation is 1. The molecule has 2 atom stereocenters. The fourth-order valence-electron chi connectivity index (χ4n) is 10.3. The number of hydrogen-bond donors (Lipinski definition) is 0. The zero-order valence-corrected chi connectivity index (χ0v) is 34.4. The molecule has 0 N–H and O–H groups in total. The quantitative estimate of drug-likeness (QED) is 0.168. The standard InChI is InChI=1S/C57H40N6/c1-7-19-49-43(13-1)44-14-2-8-20-50(44)61(49)40-31-25-37(26-32-40)55-58-56(38-27-33-41(34-28-38)62-51-21-9-3-15-45(51)46-16-4-10-22-52(46)62)60-57(59-55)39-29-35-42(36-30-39)63-53-23-11-5-17-47(53)48-18-6-12-24-54(48)63/h1-5,7-17,19-36,43,49H,6,18H2. The number of para-hydroxylation sites is 4. The van der Waals surface area contributed by atoms with Gasteiger partial charge in [0, 0.05) is 67.2 Å². The number of hydrogen-bond acceptors (Lipinski definition) is 4. The summed E-state index contributed by atoms with van der Waals surface area (Å²) in [5.41, 5.74) is 15.0. The third-order valence-electron chi connectivity index (χ3n) is 13.2. The fraction of sp³-hybridized carbons (Fsp3) is 0.0702. The molecule has 0 radical (unpaired) electrons. The topological polar surface area (TPSA) is 51.8 Å². The first kappa shape index (κ1) is 35.6. The summed E-state index contributed by atoms with van der Waals surface area (Å²) in [5.74, 6) is 2.22. The third-order valence-corrected chi connectivity index (χ3v) is 13.2. The number of aromatic nitrogens is 5. The lowest BCUT2D eigenvalue weighted by Crippen LogP contribution is -2.28. The molecule has 2 aliphatic carbocycles. The van der Waals surface area contributed by atoms with E-state index in [4.69, 9.17) is 15.0 Å². The highest BCUT2D eigenvalue weighted by molar-refractivity contribution is 6.09. The average molecular weight is 809 g/mol. The first-order valence-corrected chi connectivity index (χ1v) is 21.8. The van der Waals surface area contributed by atoms with Crippen molar-refractivity contribution in [2.24, 2.45) is 0 Å². The van der Waals surface area contributed by atoms with Gasteiger partial charge in [0.25, 0.3) is 0 Å². The molecule has 4 heterocycles. The Kier molecular flexibility index (Phi) is 8.06. The molecule has 10 aromatic rings. The number of anilines is 2. The van der Waals surface area contributed by atoms with Gasteiger partial charge in [-0.2, -0.15) is 0 Å². The predicted octanol–water partition coefficient (Wildman–Crippen LogP) is 13.6. The van der Waals surface area contributed by atoms with Crippen LogP contribution < -0.4 is 4.90 Å². The maximum Gasteiger partial charge on any atom is 0.164 e. The Hall–Kier alpha value is -8.09. The molecule has 0 fully saturated rings. The molecule has 0 spiro atoms. The second kappa shape index (κ2) is 14.3. The van der Waals surface area contributed by atoms with Crippen LogP contribution in [0.2, 0.25) is 0 Å². The summed E-state index contributed by atoms with van der Waals surface area (Å²) in [6.07, 6.45) is 15.6. The van der Waals surface area contributed by atoms with E-state index in [1.165, 1.54) is 55.2 Å². The fourth-order valence-corrected chi connectivity index (χ4v) is 10.3. The summed E-state index contributed by atoms with van der Waals surface area (Å²) in [6, 6.07) is 61.0. The van der Waals surface area contributed by atoms with E-state index in [1.54, 1.807) is 0 Å². The monoisotopic (exact) mass is 808 g/mol. The largest absolute Gasteiger partial charge is 0.333 e. The molecule has 7 aromatic carbocycles. The Labute approximate surface area is 365 Å². The number of rotatable bonds is 6. The summed E-state index contributed by atoms with van der Waals surface area (Å²) < 4.78 is 4.72. The molecule has 13 rings (SSSR count). The molecule has 1 aliphatic heterocycles. The molecule has 3 aromatic heterocycles. The first-order chi connectivity index (χ1) is 31.2. The van der Waals surface area contributed by atoms with Crippen LogP contribution in [-0.4, -0.2) is 30.1 Å². The molecule has 6 heteroatoms. The maximum atomic E-state index is 5.19. The first-order valence-electron chi connectivity index (χ1n) is 21.8. The van der Waals surface area contributed by atoms with E-state index in [1.807, 2.05) is 0 Å². The van der Waals surface area contributed by atoms with Crippen molar-refractivity contribution in [1.29, 1.82) is 0 Å². The zero-order chi connectivity index (χ0) is 41.4. The van der Waals surface area contributed by atoms with Gasteiger partial charge in [0.05, 0.1) is 22.6 Å². The Morgan fingerprint density at radius 1 is 0.444 bits per heavy atom. The summed E-state index contributed by atoms with van der Waals surface area (Å²) in [6.45, 7) is 0. The molecule has 6 nitrogen and oxygen atoms in total. The Morgan fingerprint density at radius 2 is 0.937 bits per heavy atom. The highest BCUT2D eigenvalue weighted by Crippen LogP contribution is 2.47. The lowest BCUT2D eigenvalue weighted by atomic mass is 9.91. The van der Waals surface area contributed by atoms with Gasteiger partial charge in [0.15, 0.2) is 17.5 Å². The molecule has 0 amide bonds. The van der Waals surface area contributed by atoms with Crippen molar-refractivity contribution in [3.05, 3.63) is 217 Å². The van der Waals surface area contributed by atoms with Crippen LogP contribution in [0, 0.1) is 0 Å². The minimum absolute atomic E-state index is 0.230. The second-order valence-electron chi connectivity index (χ2n) is 16.7. The molecule has 2 unspecified atom stereocenters. The van der Waals surface area contributed by atoms with Gasteiger partial charge in [-0.25, -0.2) is 15.0 Å². The minimum atomic E-state index is 0.230. The van der Waals surface area contributed by atoms with Crippen molar-refractivity contribution in [1.82, 2.24) is 24.1 Å². The summed E-state index contributed by atoms with van der Waals surface area (Å²) >= 11 is 0. The van der Waals surface area contributed by atoms with Gasteiger partial charge in [-0.15, -0.1) is 0 Å². The van der Waals surface area contributed by atoms with Crippen LogP contribution in [0.3, 0.4) is 0 Å². The summed E-state index contributed by atoms with van der Waals surface area (Å²) in [4.78, 5) is 18.0. The van der Waals surface area contributed by atoms with E-state index in [-0.39, 0.29) is 6.04 Å². The van der Waals surface area contributed by atoms with Crippen LogP contribution in [0.4, 0.5) is 11.4 Å². The number of fused-ring (bicyclic) bond motifs is 9. The number of allylic oxidation sites excluding steroid dienone is 3. The van der Waals surface area contributed by atoms with Gasteiger partial charge >= 0.3 is 0 Å². The van der Waals surface area contributed by atoms with Crippen LogP contribution in [0.25, 0.3) is 84.3 Å². The van der Waals surface area contributed by atoms with Crippen LogP contribution in [0.1, 0.15) is 29.2 Å². The van der Waals surface area contributed by atoms with Crippen molar-refractivity contribution in [3.63, 3.8) is 0 Å². The molecule has 298 valence electrons. The number of nitrogens with zero attached hydrogens (tertiary/aromatic N) is 6. The molecule has 0 saturated carbocycles. The smallest absolute Gasteiger partial charge is 0.164 e. The SMILES string of the molecule is C1=CC2c3ccccc3N(c3ccc(-c4nc(-c5ccc(-n6c7c(c8ccccc86)CCC=C7)cc5)nc(-c5ccc(-n6c7ccccc7c7ccccc76)cc5)n4)cc3)C2C=C1. The Morgan fingerprint density at radius 3 is 1.56 bits per heavy atom. The lowest BCUT2D eigenvalue weighted by Gasteiger charge is -2.28. The van der Waals surface area contributed by atoms with Crippen molar-refractivity contribution in [3.8, 4) is 45.5 Å². The van der Waals surface area contributed by atoms with E-state index in [0.717, 1.165) is 46.6 Å². The van der Waals surface area contributed by atoms with Gasteiger partial charge in [-0.1, -0.05) is 103 Å². The van der Waals surface area contributed by atoms with Crippen LogP contribution >= 0.6 is 0 Å². The van der Waals surface area contributed by atoms with Crippen molar-refractivity contribution in [2.45, 2.75) is 24.8 Å². The second-order valence-corrected chi connectivity index (χ2v) is 16.7. The molecular weight excluding hydrogens is 769 g/mol. The Bertz CT molecular complexity index is 3460. The summed E-state index contributed by atoms with van der Waals surface area (Å²) in [5, 5.41) is 3.80. The van der Waals surface area contributed by atoms with Crippen LogP contribution in [-0.2, 0) is 6.42 Å². The van der Waals surface area contributed by atoms with Crippen LogP contribution in [0.5, 0.6) is 0 Å². The average Bonchev–Trinajstić information content (AvgIpc) is 4.00. The van der Waals surface area contributed by atoms with E-state index in [0.29, 0.717) is 23.4 Å². The van der Waals surface area contributed by atoms with E-state index < -0.39 is 0 Å². The normalized spacial score (nSPS) is 16.2. The van der Waals surface area contributed by atoms with Gasteiger partial charge in [0.1, 0.15) is 0 Å². The molecule has 63 heavy (non-hydrogen) atoms. The van der Waals surface area contributed by atoms with E-state index >= 15 is 0 Å². The van der Waals surface area contributed by atoms with Gasteiger partial charge in [0.2, 0.25) is 0 Å². The van der Waals surface area contributed by atoms with Crippen molar-refractivity contribution < 1.29 is 0 Å². The molecular formula is C57H40N6. The van der Waals surface area contributed by atoms with Gasteiger partial charge in [-0.3, -0.25) is 0 Å². The highest BCUT2D eigenvalue weighted by Gasteiger charge is 2.37. The zero-order valence-electron chi connectivity index (χ0n) is 34.4. The third kappa shape index (κ3) is 5.68. The molecule has 3 aliphatic rings. The van der Waals surface area contributed by atoms with Gasteiger partial charge in [-0.05, 0) is 127 Å². The maximum absolute atomic E-state index is 5.19. The summed E-state index contributed by atoms with van der Waals surface area (Å²) in [7, 11) is 0. The Balaban J connectivity index is 0.910. The molecule has 0 saturated heterocycles. The van der Waals surface area contributed by atoms with Gasteiger partial charge < -0.3 is 14.0 Å². The minimum Gasteiger partial charge on any atom is -0.333 e. The molecule has 0 bridgehead atoms. The van der Waals surface area contributed by atoms with Crippen molar-refractivity contribution >= 4 is 50.2 Å². The van der Waals surface area contributed by atoms with E-state index in [9.17, 15) is 0 Å². The number of benzene rings is 7. The van der Waals surface area contributed by atoms with Crippen molar-refractivity contribution in [2.75, 3.05) is 4.90 Å². The lowest BCUT2D eigenvalue weighted by molar-refractivity contribution is 0.745.